The standard InChI is InChI=1S/C10H12BrN3/c1-7(12)6-14-10-4-9(11)3-2-8(10)5-13-14/h2-5,7H,6,12H2,1H3. The van der Waals surface area contributed by atoms with Crippen LogP contribution in [-0.2, 0) is 6.54 Å². The molecule has 2 rings (SSSR count). The van der Waals surface area contributed by atoms with Crippen LogP contribution in [0.4, 0.5) is 0 Å². The summed E-state index contributed by atoms with van der Waals surface area (Å²) in [6.07, 6.45) is 1.87. The fraction of sp³-hybridized carbons (Fsp3) is 0.300. The quantitative estimate of drug-likeness (QED) is 0.892. The lowest BCUT2D eigenvalue weighted by molar-refractivity contribution is 0.553. The molecule has 0 aliphatic heterocycles. The maximum absolute atomic E-state index is 5.74. The van der Waals surface area contributed by atoms with Crippen molar-refractivity contribution in [2.24, 2.45) is 5.73 Å². The van der Waals surface area contributed by atoms with Gasteiger partial charge in [-0.2, -0.15) is 5.10 Å². The van der Waals surface area contributed by atoms with E-state index in [-0.39, 0.29) is 6.04 Å². The van der Waals surface area contributed by atoms with E-state index in [1.54, 1.807) is 0 Å². The zero-order valence-electron chi connectivity index (χ0n) is 7.94. The fourth-order valence-corrected chi connectivity index (χ4v) is 1.81. The number of rotatable bonds is 2. The topological polar surface area (TPSA) is 43.8 Å². The fourth-order valence-electron chi connectivity index (χ4n) is 1.46. The molecule has 3 nitrogen and oxygen atoms in total. The van der Waals surface area contributed by atoms with Crippen molar-refractivity contribution in [2.45, 2.75) is 19.5 Å². The molecule has 0 bridgehead atoms. The highest BCUT2D eigenvalue weighted by atomic mass is 79.9. The smallest absolute Gasteiger partial charge is 0.0694 e. The molecule has 0 fully saturated rings. The minimum atomic E-state index is 0.122. The van der Waals surface area contributed by atoms with E-state index in [0.29, 0.717) is 0 Å². The number of nitrogens with zero attached hydrogens (tertiary/aromatic N) is 2. The van der Waals surface area contributed by atoms with Gasteiger partial charge in [-0.15, -0.1) is 0 Å². The maximum Gasteiger partial charge on any atom is 0.0694 e. The Bertz CT molecular complexity index is 448. The van der Waals surface area contributed by atoms with Crippen molar-refractivity contribution >= 4 is 26.8 Å². The summed E-state index contributed by atoms with van der Waals surface area (Å²) in [7, 11) is 0. The van der Waals surface area contributed by atoms with Crippen molar-refractivity contribution in [3.05, 3.63) is 28.9 Å². The molecule has 2 N–H and O–H groups in total. The summed E-state index contributed by atoms with van der Waals surface area (Å²) in [5, 5.41) is 5.44. The molecule has 1 unspecified atom stereocenters. The molecule has 1 heterocycles. The summed E-state index contributed by atoms with van der Waals surface area (Å²) in [4.78, 5) is 0. The highest BCUT2D eigenvalue weighted by molar-refractivity contribution is 9.10. The van der Waals surface area contributed by atoms with E-state index in [9.17, 15) is 0 Å². The Kier molecular flexibility index (Phi) is 2.56. The van der Waals surface area contributed by atoms with Crippen LogP contribution in [0.25, 0.3) is 10.9 Å². The van der Waals surface area contributed by atoms with Crippen LogP contribution in [0.3, 0.4) is 0 Å². The van der Waals surface area contributed by atoms with E-state index in [1.165, 1.54) is 0 Å². The van der Waals surface area contributed by atoms with Crippen LogP contribution in [0.1, 0.15) is 6.92 Å². The van der Waals surface area contributed by atoms with Gasteiger partial charge in [0.25, 0.3) is 0 Å². The van der Waals surface area contributed by atoms with Crippen molar-refractivity contribution < 1.29 is 0 Å². The second-order valence-corrected chi connectivity index (χ2v) is 4.42. The second kappa shape index (κ2) is 3.71. The predicted octanol–water partition coefficient (Wildman–Crippen LogP) is 2.15. The van der Waals surface area contributed by atoms with Gasteiger partial charge < -0.3 is 5.73 Å². The van der Waals surface area contributed by atoms with E-state index in [0.717, 1.165) is 21.9 Å². The van der Waals surface area contributed by atoms with E-state index in [4.69, 9.17) is 5.73 Å². The van der Waals surface area contributed by atoms with Gasteiger partial charge in [0.1, 0.15) is 0 Å². The lowest BCUT2D eigenvalue weighted by atomic mass is 10.2. The van der Waals surface area contributed by atoms with Gasteiger partial charge in [0, 0.05) is 15.9 Å². The number of nitrogens with two attached hydrogens (primary N) is 1. The summed E-state index contributed by atoms with van der Waals surface area (Å²) in [5.41, 5.74) is 6.86. The first kappa shape index (κ1) is 9.68. The van der Waals surface area contributed by atoms with Crippen LogP contribution in [-0.4, -0.2) is 15.8 Å². The number of fused-ring (bicyclic) bond motifs is 1. The van der Waals surface area contributed by atoms with Gasteiger partial charge in [-0.3, -0.25) is 4.68 Å². The van der Waals surface area contributed by atoms with Crippen molar-refractivity contribution in [1.29, 1.82) is 0 Å². The van der Waals surface area contributed by atoms with Crippen LogP contribution >= 0.6 is 15.9 Å². The van der Waals surface area contributed by atoms with Gasteiger partial charge in [-0.25, -0.2) is 0 Å². The third-order valence-corrected chi connectivity index (χ3v) is 2.56. The number of benzene rings is 1. The molecule has 1 atom stereocenters. The monoisotopic (exact) mass is 253 g/mol. The van der Waals surface area contributed by atoms with Gasteiger partial charge in [0.15, 0.2) is 0 Å². The highest BCUT2D eigenvalue weighted by Crippen LogP contribution is 2.19. The lowest BCUT2D eigenvalue weighted by Gasteiger charge is -2.06. The van der Waals surface area contributed by atoms with Crippen LogP contribution in [0, 0.1) is 0 Å². The summed E-state index contributed by atoms with van der Waals surface area (Å²) < 4.78 is 3.00. The molecule has 0 spiro atoms. The first-order chi connectivity index (χ1) is 6.66. The molecule has 14 heavy (non-hydrogen) atoms. The molecule has 0 saturated heterocycles. The Morgan fingerprint density at radius 1 is 1.57 bits per heavy atom. The second-order valence-electron chi connectivity index (χ2n) is 3.51. The molecular weight excluding hydrogens is 242 g/mol. The van der Waals surface area contributed by atoms with Crippen LogP contribution in [0.15, 0.2) is 28.9 Å². The third kappa shape index (κ3) is 1.81. The largest absolute Gasteiger partial charge is 0.326 e. The van der Waals surface area contributed by atoms with Crippen LogP contribution in [0.2, 0.25) is 0 Å². The number of hydrogen-bond donors (Lipinski definition) is 1. The first-order valence-corrected chi connectivity index (χ1v) is 5.33. The van der Waals surface area contributed by atoms with Crippen molar-refractivity contribution in [1.82, 2.24) is 9.78 Å². The van der Waals surface area contributed by atoms with E-state index in [2.05, 4.69) is 27.1 Å². The third-order valence-electron chi connectivity index (χ3n) is 2.07. The molecular formula is C10H12BrN3. The Balaban J connectivity index is 2.50. The zero-order valence-corrected chi connectivity index (χ0v) is 9.53. The average molecular weight is 254 g/mol. The van der Waals surface area contributed by atoms with Gasteiger partial charge >= 0.3 is 0 Å². The molecule has 1 aromatic heterocycles. The van der Waals surface area contributed by atoms with Crippen molar-refractivity contribution in [2.75, 3.05) is 0 Å². The molecule has 0 amide bonds. The minimum Gasteiger partial charge on any atom is -0.326 e. The molecule has 0 aliphatic rings. The van der Waals surface area contributed by atoms with E-state index >= 15 is 0 Å². The molecule has 74 valence electrons. The van der Waals surface area contributed by atoms with Gasteiger partial charge in [-0.05, 0) is 19.1 Å². The normalized spacial score (nSPS) is 13.4. The Morgan fingerprint density at radius 3 is 3.07 bits per heavy atom. The Hall–Kier alpha value is -0.870. The first-order valence-electron chi connectivity index (χ1n) is 4.53. The SMILES string of the molecule is CC(N)Cn1ncc2ccc(Br)cc21. The van der Waals surface area contributed by atoms with Crippen LogP contribution in [0.5, 0.6) is 0 Å². The van der Waals surface area contributed by atoms with Crippen molar-refractivity contribution in [3.8, 4) is 0 Å². The number of aromatic nitrogens is 2. The number of halogens is 1. The Morgan fingerprint density at radius 2 is 2.36 bits per heavy atom. The number of hydrogen-bond acceptors (Lipinski definition) is 2. The summed E-state index contributed by atoms with van der Waals surface area (Å²) >= 11 is 3.45. The van der Waals surface area contributed by atoms with Gasteiger partial charge in [0.05, 0.1) is 18.3 Å². The minimum absolute atomic E-state index is 0.122. The molecule has 4 heteroatoms. The van der Waals surface area contributed by atoms with E-state index < -0.39 is 0 Å². The molecule has 0 aliphatic carbocycles. The van der Waals surface area contributed by atoms with Gasteiger partial charge in [-0.1, -0.05) is 22.0 Å². The van der Waals surface area contributed by atoms with Gasteiger partial charge in [0.2, 0.25) is 0 Å². The van der Waals surface area contributed by atoms with Crippen molar-refractivity contribution in [3.63, 3.8) is 0 Å². The summed E-state index contributed by atoms with van der Waals surface area (Å²) in [6.45, 7) is 2.73. The summed E-state index contributed by atoms with van der Waals surface area (Å²) in [6, 6.07) is 6.24. The Labute approximate surface area is 91.0 Å². The molecule has 1 aromatic carbocycles. The predicted molar refractivity (Wildman–Crippen MR) is 61.1 cm³/mol. The lowest BCUT2D eigenvalue weighted by Crippen LogP contribution is -2.22. The van der Waals surface area contributed by atoms with Crippen LogP contribution < -0.4 is 5.73 Å². The van der Waals surface area contributed by atoms with E-state index in [1.807, 2.05) is 29.9 Å². The average Bonchev–Trinajstić information content (AvgIpc) is 2.47. The summed E-state index contributed by atoms with van der Waals surface area (Å²) in [5.74, 6) is 0. The molecule has 2 aromatic rings. The molecule has 0 saturated carbocycles. The highest BCUT2D eigenvalue weighted by Gasteiger charge is 2.04. The maximum atomic E-state index is 5.74. The molecule has 0 radical (unpaired) electrons. The zero-order chi connectivity index (χ0) is 10.1.